The topological polar surface area (TPSA) is 88.2 Å². The summed E-state index contributed by atoms with van der Waals surface area (Å²) < 4.78 is 14.1. The lowest BCUT2D eigenvalue weighted by Crippen LogP contribution is -2.08. The molecule has 0 bridgehead atoms. The van der Waals surface area contributed by atoms with Crippen LogP contribution in [0, 0.1) is 5.82 Å². The zero-order valence-corrected chi connectivity index (χ0v) is 11.2. The fourth-order valence-corrected chi connectivity index (χ4v) is 1.90. The molecule has 5 nitrogen and oxygen atoms in total. The van der Waals surface area contributed by atoms with Crippen molar-refractivity contribution < 1.29 is 14.3 Å². The van der Waals surface area contributed by atoms with E-state index < -0.39 is 28.2 Å². The van der Waals surface area contributed by atoms with Gasteiger partial charge in [-0.1, -0.05) is 23.7 Å². The maximum atomic E-state index is 14.1. The first-order chi connectivity index (χ1) is 9.45. The van der Waals surface area contributed by atoms with Crippen LogP contribution in [-0.4, -0.2) is 23.1 Å². The summed E-state index contributed by atoms with van der Waals surface area (Å²) in [5.41, 5.74) is 5.69. The van der Waals surface area contributed by atoms with Gasteiger partial charge >= 0.3 is 5.97 Å². The summed E-state index contributed by atoms with van der Waals surface area (Å²) in [4.78, 5) is 14.8. The Morgan fingerprint density at radius 2 is 2.00 bits per heavy atom. The minimum absolute atomic E-state index is 0.146. The molecule has 0 amide bonds. The monoisotopic (exact) mass is 295 g/mol. The molecule has 2 aromatic rings. The summed E-state index contributed by atoms with van der Waals surface area (Å²) in [5, 5.41) is 11.5. The number of hydrogen-bond acceptors (Lipinski definition) is 4. The van der Waals surface area contributed by atoms with E-state index >= 15 is 0 Å². The smallest absolute Gasteiger partial charge is 0.356 e. The third-order valence-electron chi connectivity index (χ3n) is 2.76. The second kappa shape index (κ2) is 5.34. The second-order valence-electron chi connectivity index (χ2n) is 3.98. The highest BCUT2D eigenvalue weighted by molar-refractivity contribution is 6.35. The molecule has 0 saturated heterocycles. The Kier molecular flexibility index (Phi) is 3.76. The van der Waals surface area contributed by atoms with Crippen LogP contribution in [0.1, 0.15) is 10.5 Å². The molecule has 0 fully saturated rings. The number of nitrogens with one attached hydrogen (secondary N) is 1. The van der Waals surface area contributed by atoms with Crippen LogP contribution < -0.4 is 11.1 Å². The largest absolute Gasteiger partial charge is 0.476 e. The van der Waals surface area contributed by atoms with E-state index in [9.17, 15) is 9.18 Å². The lowest BCUT2D eigenvalue weighted by molar-refractivity contribution is 0.0691. The van der Waals surface area contributed by atoms with E-state index in [-0.39, 0.29) is 5.69 Å². The summed E-state index contributed by atoms with van der Waals surface area (Å²) >= 11 is 5.68. The Balaban J connectivity index is 2.63. The van der Waals surface area contributed by atoms with E-state index in [1.165, 1.54) is 0 Å². The molecule has 7 heteroatoms. The molecule has 0 spiro atoms. The Hall–Kier alpha value is -2.34. The number of halogens is 2. The number of pyridine rings is 1. The molecule has 20 heavy (non-hydrogen) atoms. The van der Waals surface area contributed by atoms with Gasteiger partial charge in [0.25, 0.3) is 0 Å². The van der Waals surface area contributed by atoms with Crippen molar-refractivity contribution in [3.8, 4) is 11.3 Å². The number of hydrogen-bond donors (Lipinski definition) is 3. The third-order valence-corrected chi connectivity index (χ3v) is 3.14. The molecule has 1 aromatic heterocycles. The summed E-state index contributed by atoms with van der Waals surface area (Å²) in [6.45, 7) is 0. The van der Waals surface area contributed by atoms with Crippen LogP contribution >= 0.6 is 11.6 Å². The highest BCUT2D eigenvalue weighted by atomic mass is 35.5. The second-order valence-corrected chi connectivity index (χ2v) is 4.36. The minimum atomic E-state index is -1.37. The van der Waals surface area contributed by atoms with Gasteiger partial charge < -0.3 is 16.2 Å². The number of rotatable bonds is 3. The van der Waals surface area contributed by atoms with Crippen molar-refractivity contribution in [2.75, 3.05) is 18.1 Å². The zero-order valence-electron chi connectivity index (χ0n) is 10.4. The Morgan fingerprint density at radius 1 is 1.40 bits per heavy atom. The van der Waals surface area contributed by atoms with Crippen LogP contribution in [0.15, 0.2) is 24.3 Å². The maximum absolute atomic E-state index is 14.1. The summed E-state index contributed by atoms with van der Waals surface area (Å²) in [6, 6.07) is 6.63. The molecule has 0 atom stereocenters. The molecule has 0 saturated carbocycles. The molecule has 4 N–H and O–H groups in total. The highest BCUT2D eigenvalue weighted by Crippen LogP contribution is 2.32. The fourth-order valence-electron chi connectivity index (χ4n) is 1.69. The number of aromatic nitrogens is 1. The molecule has 1 heterocycles. The number of carboxylic acids is 1. The van der Waals surface area contributed by atoms with Gasteiger partial charge in [-0.05, 0) is 12.1 Å². The summed E-state index contributed by atoms with van der Waals surface area (Å²) in [5.74, 6) is -2.20. The molecule has 1 aromatic carbocycles. The molecule has 2 rings (SSSR count). The van der Waals surface area contributed by atoms with Gasteiger partial charge in [-0.3, -0.25) is 0 Å². The van der Waals surface area contributed by atoms with Gasteiger partial charge in [-0.25, -0.2) is 14.2 Å². The number of nitrogens with two attached hydrogens (primary N) is 1. The Morgan fingerprint density at radius 3 is 2.50 bits per heavy atom. The molecular formula is C13H11ClFN3O2. The van der Waals surface area contributed by atoms with Crippen molar-refractivity contribution >= 4 is 28.9 Å². The van der Waals surface area contributed by atoms with Gasteiger partial charge in [0, 0.05) is 18.3 Å². The van der Waals surface area contributed by atoms with Crippen molar-refractivity contribution in [1.29, 1.82) is 0 Å². The minimum Gasteiger partial charge on any atom is -0.476 e. The van der Waals surface area contributed by atoms with Crippen LogP contribution in [0.5, 0.6) is 0 Å². The standard InChI is InChI=1S/C13H11ClFN3O2/c1-17-7-4-2-6(3-5-7)11-9(15)10(16)8(14)12(18-11)13(19)20/h2-5,17H,1H3,(H2,16,18)(H,19,20). The molecule has 0 aliphatic carbocycles. The summed E-state index contributed by atoms with van der Waals surface area (Å²) in [7, 11) is 1.75. The average Bonchev–Trinajstić information content (AvgIpc) is 2.45. The maximum Gasteiger partial charge on any atom is 0.356 e. The normalized spacial score (nSPS) is 10.3. The van der Waals surface area contributed by atoms with E-state index in [4.69, 9.17) is 22.4 Å². The van der Waals surface area contributed by atoms with Crippen molar-refractivity contribution in [3.05, 3.63) is 40.8 Å². The Bertz CT molecular complexity index is 674. The average molecular weight is 296 g/mol. The number of carboxylic acid groups (broad SMARTS) is 1. The van der Waals surface area contributed by atoms with E-state index in [0.29, 0.717) is 5.56 Å². The predicted molar refractivity (Wildman–Crippen MR) is 75.6 cm³/mol. The van der Waals surface area contributed by atoms with Crippen LogP contribution in [0.4, 0.5) is 15.8 Å². The van der Waals surface area contributed by atoms with Crippen LogP contribution in [0.25, 0.3) is 11.3 Å². The highest BCUT2D eigenvalue weighted by Gasteiger charge is 2.21. The number of benzene rings is 1. The van der Waals surface area contributed by atoms with Crippen molar-refractivity contribution in [1.82, 2.24) is 4.98 Å². The number of aromatic carboxylic acids is 1. The number of anilines is 2. The molecular weight excluding hydrogens is 285 g/mol. The molecule has 0 aliphatic heterocycles. The van der Waals surface area contributed by atoms with Crippen molar-refractivity contribution in [2.24, 2.45) is 0 Å². The van der Waals surface area contributed by atoms with Gasteiger partial charge in [0.2, 0.25) is 0 Å². The first-order valence-electron chi connectivity index (χ1n) is 5.61. The van der Waals surface area contributed by atoms with Crippen molar-refractivity contribution in [2.45, 2.75) is 0 Å². The lowest BCUT2D eigenvalue weighted by atomic mass is 10.1. The molecule has 0 radical (unpaired) electrons. The molecule has 0 aliphatic rings. The van der Waals surface area contributed by atoms with Crippen molar-refractivity contribution in [3.63, 3.8) is 0 Å². The summed E-state index contributed by atoms with van der Waals surface area (Å²) in [6.07, 6.45) is 0. The van der Waals surface area contributed by atoms with Gasteiger partial charge in [-0.2, -0.15) is 0 Å². The fraction of sp³-hybridized carbons (Fsp3) is 0.0769. The Labute approximate surface area is 119 Å². The van der Waals surface area contributed by atoms with Gasteiger partial charge in [-0.15, -0.1) is 0 Å². The van der Waals surface area contributed by atoms with Crippen LogP contribution in [-0.2, 0) is 0 Å². The SMILES string of the molecule is CNc1ccc(-c2nc(C(=O)O)c(Cl)c(N)c2F)cc1. The number of nitrogens with zero attached hydrogens (tertiary/aromatic N) is 1. The zero-order chi connectivity index (χ0) is 14.9. The van der Waals surface area contributed by atoms with Crippen LogP contribution in [0.2, 0.25) is 5.02 Å². The van der Waals surface area contributed by atoms with E-state index in [1.54, 1.807) is 31.3 Å². The van der Waals surface area contributed by atoms with E-state index in [2.05, 4.69) is 10.3 Å². The van der Waals surface area contributed by atoms with E-state index in [1.807, 2.05) is 0 Å². The third kappa shape index (κ3) is 2.37. The van der Waals surface area contributed by atoms with Gasteiger partial charge in [0.1, 0.15) is 5.69 Å². The van der Waals surface area contributed by atoms with Gasteiger partial charge in [0.15, 0.2) is 11.5 Å². The number of carbonyl (C=O) groups is 1. The lowest BCUT2D eigenvalue weighted by Gasteiger charge is -2.10. The quantitative estimate of drug-likeness (QED) is 0.810. The first-order valence-corrected chi connectivity index (χ1v) is 5.99. The van der Waals surface area contributed by atoms with Gasteiger partial charge in [0.05, 0.1) is 10.7 Å². The number of nitrogen functional groups attached to an aromatic ring is 1. The van der Waals surface area contributed by atoms with E-state index in [0.717, 1.165) is 5.69 Å². The molecule has 104 valence electrons. The van der Waals surface area contributed by atoms with Crippen LogP contribution in [0.3, 0.4) is 0 Å². The predicted octanol–water partition coefficient (Wildman–Crippen LogP) is 2.86. The first kappa shape index (κ1) is 14.1. The molecule has 0 unspecified atom stereocenters.